The zero-order chi connectivity index (χ0) is 19.5. The molecule has 0 unspecified atom stereocenters. The predicted octanol–water partition coefficient (Wildman–Crippen LogP) is 6.00. The van der Waals surface area contributed by atoms with Crippen molar-refractivity contribution >= 4 is 16.7 Å². The van der Waals surface area contributed by atoms with E-state index in [4.69, 9.17) is 9.15 Å². The van der Waals surface area contributed by atoms with E-state index in [1.54, 1.807) is 18.2 Å². The van der Waals surface area contributed by atoms with Crippen molar-refractivity contribution in [2.45, 2.75) is 71.1 Å². The van der Waals surface area contributed by atoms with E-state index >= 15 is 0 Å². The first-order chi connectivity index (χ1) is 13.1. The first kappa shape index (κ1) is 20.9. The van der Waals surface area contributed by atoms with Gasteiger partial charge in [-0.2, -0.15) is 0 Å². The lowest BCUT2D eigenvalue weighted by molar-refractivity contribution is -0.387. The Bertz CT molecular complexity index is 784. The molecule has 6 heteroatoms. The molecule has 0 saturated heterocycles. The minimum Gasteiger partial charge on any atom is -0.494 e. The van der Waals surface area contributed by atoms with Crippen LogP contribution in [0.1, 0.15) is 71.1 Å². The molecule has 27 heavy (non-hydrogen) atoms. The molecule has 1 aromatic heterocycles. The van der Waals surface area contributed by atoms with Crippen LogP contribution in [-0.4, -0.2) is 11.5 Å². The summed E-state index contributed by atoms with van der Waals surface area (Å²) >= 11 is 0. The Kier molecular flexibility index (Phi) is 8.81. The molecule has 0 radical (unpaired) electrons. The third kappa shape index (κ3) is 7.04. The van der Waals surface area contributed by atoms with Gasteiger partial charge in [-0.1, -0.05) is 64.7 Å². The van der Waals surface area contributed by atoms with Crippen LogP contribution in [0.5, 0.6) is 5.75 Å². The number of ether oxygens (including phenoxy) is 1. The molecular weight excluding hydrogens is 346 g/mol. The number of rotatable bonds is 13. The van der Waals surface area contributed by atoms with Gasteiger partial charge in [0, 0.05) is 11.5 Å². The highest BCUT2D eigenvalue weighted by atomic mass is 16.6. The number of unbranched alkanes of at least 4 members (excludes halogenated alkanes) is 9. The summed E-state index contributed by atoms with van der Waals surface area (Å²) in [5.41, 5.74) is -1.18. The van der Waals surface area contributed by atoms with Crippen LogP contribution in [0, 0.1) is 10.1 Å². The summed E-state index contributed by atoms with van der Waals surface area (Å²) in [6, 6.07) is 6.22. The van der Waals surface area contributed by atoms with Crippen LogP contribution in [0.3, 0.4) is 0 Å². The molecule has 0 fully saturated rings. The maximum Gasteiger partial charge on any atom is 0.415 e. The summed E-state index contributed by atoms with van der Waals surface area (Å²) in [6.07, 6.45) is 12.7. The van der Waals surface area contributed by atoms with E-state index in [0.29, 0.717) is 23.3 Å². The van der Waals surface area contributed by atoms with Gasteiger partial charge in [-0.05, 0) is 24.6 Å². The highest BCUT2D eigenvalue weighted by molar-refractivity contribution is 5.79. The summed E-state index contributed by atoms with van der Waals surface area (Å²) in [6.45, 7) is 2.85. The van der Waals surface area contributed by atoms with Gasteiger partial charge < -0.3 is 9.15 Å². The van der Waals surface area contributed by atoms with E-state index < -0.39 is 16.2 Å². The number of fused-ring (bicyclic) bond motifs is 1. The maximum atomic E-state index is 11.5. The van der Waals surface area contributed by atoms with E-state index in [0.717, 1.165) is 12.8 Å². The molecule has 0 amide bonds. The number of hydrogen-bond acceptors (Lipinski definition) is 5. The molecule has 148 valence electrons. The van der Waals surface area contributed by atoms with Crippen molar-refractivity contribution in [3.63, 3.8) is 0 Å². The molecule has 2 aromatic rings. The van der Waals surface area contributed by atoms with Crippen LogP contribution in [0.25, 0.3) is 11.0 Å². The van der Waals surface area contributed by atoms with Crippen molar-refractivity contribution < 1.29 is 14.1 Å². The smallest absolute Gasteiger partial charge is 0.415 e. The van der Waals surface area contributed by atoms with E-state index in [9.17, 15) is 14.9 Å². The second-order valence-electron chi connectivity index (χ2n) is 6.91. The molecule has 0 aliphatic heterocycles. The highest BCUT2D eigenvalue weighted by Gasteiger charge is 2.15. The second-order valence-corrected chi connectivity index (χ2v) is 6.91. The van der Waals surface area contributed by atoms with Gasteiger partial charge in [0.1, 0.15) is 11.3 Å². The fraction of sp³-hybridized carbons (Fsp3) is 0.571. The SMILES string of the molecule is CCCCCCCCCCCCOc1ccc2oc(=O)c([N+](=O)[O-])cc2c1. The molecule has 0 spiro atoms. The lowest BCUT2D eigenvalue weighted by Crippen LogP contribution is -2.06. The molecular formula is C21H29NO5. The molecule has 0 aliphatic rings. The Balaban J connectivity index is 1.69. The molecule has 6 nitrogen and oxygen atoms in total. The quantitative estimate of drug-likeness (QED) is 0.185. The lowest BCUT2D eigenvalue weighted by Gasteiger charge is -2.07. The normalized spacial score (nSPS) is 11.0. The molecule has 0 aliphatic carbocycles. The first-order valence-corrected chi connectivity index (χ1v) is 9.97. The topological polar surface area (TPSA) is 82.6 Å². The highest BCUT2D eigenvalue weighted by Crippen LogP contribution is 2.23. The minimum absolute atomic E-state index is 0.317. The van der Waals surface area contributed by atoms with Crippen LogP contribution >= 0.6 is 0 Å². The van der Waals surface area contributed by atoms with Crippen molar-refractivity contribution in [2.75, 3.05) is 6.61 Å². The van der Waals surface area contributed by atoms with E-state index in [2.05, 4.69) is 6.92 Å². The number of benzene rings is 1. The number of hydrogen-bond donors (Lipinski definition) is 0. The molecule has 0 saturated carbocycles. The van der Waals surface area contributed by atoms with Crippen molar-refractivity contribution in [2.24, 2.45) is 0 Å². The predicted molar refractivity (Wildman–Crippen MR) is 106 cm³/mol. The molecule has 0 atom stereocenters. The van der Waals surface area contributed by atoms with Crippen molar-refractivity contribution in [3.05, 3.63) is 44.8 Å². The Morgan fingerprint density at radius 2 is 1.59 bits per heavy atom. The molecule has 1 heterocycles. The van der Waals surface area contributed by atoms with Crippen LogP contribution in [-0.2, 0) is 0 Å². The zero-order valence-corrected chi connectivity index (χ0v) is 16.1. The molecule has 2 rings (SSSR count). The Hall–Kier alpha value is -2.37. The van der Waals surface area contributed by atoms with Gasteiger partial charge in [0.05, 0.1) is 11.5 Å². The fourth-order valence-corrected chi connectivity index (χ4v) is 3.09. The van der Waals surface area contributed by atoms with Crippen LogP contribution < -0.4 is 10.4 Å². The van der Waals surface area contributed by atoms with E-state index in [-0.39, 0.29) is 0 Å². The maximum absolute atomic E-state index is 11.5. The Morgan fingerprint density at radius 1 is 0.963 bits per heavy atom. The van der Waals surface area contributed by atoms with Gasteiger partial charge in [0.15, 0.2) is 0 Å². The van der Waals surface area contributed by atoms with Gasteiger partial charge >= 0.3 is 11.3 Å². The monoisotopic (exact) mass is 375 g/mol. The van der Waals surface area contributed by atoms with E-state index in [1.807, 2.05) is 0 Å². The summed E-state index contributed by atoms with van der Waals surface area (Å²) in [7, 11) is 0. The Morgan fingerprint density at radius 3 is 2.22 bits per heavy atom. The molecule has 0 N–H and O–H groups in total. The second kappa shape index (κ2) is 11.4. The average molecular weight is 375 g/mol. The van der Waals surface area contributed by atoms with E-state index in [1.165, 1.54) is 57.4 Å². The summed E-state index contributed by atoms with van der Waals surface area (Å²) in [5.74, 6) is 0.626. The molecule has 0 bridgehead atoms. The standard InChI is InChI=1S/C21H29NO5/c1-2-3-4-5-6-7-8-9-10-11-14-26-18-12-13-20-17(15-18)16-19(22(24)25)21(23)27-20/h12-13,15-16H,2-11,14H2,1H3. The van der Waals surface area contributed by atoms with Crippen molar-refractivity contribution in [1.82, 2.24) is 0 Å². The van der Waals surface area contributed by atoms with Crippen LogP contribution in [0.2, 0.25) is 0 Å². The number of nitrogens with zero attached hydrogens (tertiary/aromatic N) is 1. The summed E-state index contributed by atoms with van der Waals surface area (Å²) < 4.78 is 10.7. The largest absolute Gasteiger partial charge is 0.494 e. The van der Waals surface area contributed by atoms with Gasteiger partial charge in [0.2, 0.25) is 0 Å². The van der Waals surface area contributed by atoms with Crippen LogP contribution in [0.15, 0.2) is 33.5 Å². The average Bonchev–Trinajstić information content (AvgIpc) is 2.65. The van der Waals surface area contributed by atoms with Crippen molar-refractivity contribution in [1.29, 1.82) is 0 Å². The number of nitro groups is 1. The summed E-state index contributed by atoms with van der Waals surface area (Å²) in [4.78, 5) is 21.6. The van der Waals surface area contributed by atoms with Crippen LogP contribution in [0.4, 0.5) is 5.69 Å². The lowest BCUT2D eigenvalue weighted by atomic mass is 10.1. The third-order valence-electron chi connectivity index (χ3n) is 4.65. The van der Waals surface area contributed by atoms with Gasteiger partial charge in [-0.15, -0.1) is 0 Å². The third-order valence-corrected chi connectivity index (χ3v) is 4.65. The zero-order valence-electron chi connectivity index (χ0n) is 16.1. The first-order valence-electron chi connectivity index (χ1n) is 9.97. The minimum atomic E-state index is -0.938. The van der Waals surface area contributed by atoms with Crippen molar-refractivity contribution in [3.8, 4) is 5.75 Å². The summed E-state index contributed by atoms with van der Waals surface area (Å²) in [5, 5.41) is 11.3. The van der Waals surface area contributed by atoms with Gasteiger partial charge in [-0.25, -0.2) is 4.79 Å². The van der Waals surface area contributed by atoms with Gasteiger partial charge in [-0.3, -0.25) is 10.1 Å². The Labute approximate surface area is 159 Å². The van der Waals surface area contributed by atoms with Gasteiger partial charge in [0.25, 0.3) is 0 Å². The molecule has 1 aromatic carbocycles. The fourth-order valence-electron chi connectivity index (χ4n) is 3.09.